The lowest BCUT2D eigenvalue weighted by molar-refractivity contribution is -0.258. The second kappa shape index (κ2) is 3.30. The van der Waals surface area contributed by atoms with Crippen LogP contribution < -0.4 is 0 Å². The Labute approximate surface area is 83.4 Å². The number of hydrogen-bond donors (Lipinski definition) is 3. The van der Waals surface area contributed by atoms with Gasteiger partial charge in [-0.25, -0.2) is 0 Å². The van der Waals surface area contributed by atoms with E-state index in [9.17, 15) is 18.3 Å². The minimum atomic E-state index is -4.88. The summed E-state index contributed by atoms with van der Waals surface area (Å²) >= 11 is 0. The highest BCUT2D eigenvalue weighted by Gasteiger charge is 2.51. The van der Waals surface area contributed by atoms with Crippen LogP contribution >= 0.6 is 0 Å². The number of aliphatic hydroxyl groups is 1. The molecule has 1 atom stereocenters. The lowest BCUT2D eigenvalue weighted by Crippen LogP contribution is -2.39. The van der Waals surface area contributed by atoms with Gasteiger partial charge in [-0.3, -0.25) is 0 Å². The minimum absolute atomic E-state index is 0.543. The maximum atomic E-state index is 12.4. The van der Waals surface area contributed by atoms with Gasteiger partial charge < -0.3 is 15.3 Å². The molecular formula is C9H9F3O3. The van der Waals surface area contributed by atoms with E-state index in [2.05, 4.69) is 0 Å². The van der Waals surface area contributed by atoms with E-state index in [4.69, 9.17) is 10.2 Å². The van der Waals surface area contributed by atoms with Gasteiger partial charge >= 0.3 is 6.18 Å². The van der Waals surface area contributed by atoms with E-state index in [1.165, 1.54) is 0 Å². The minimum Gasteiger partial charge on any atom is -0.508 e. The Kier molecular flexibility index (Phi) is 2.56. The fourth-order valence-electron chi connectivity index (χ4n) is 1.04. The van der Waals surface area contributed by atoms with Gasteiger partial charge in [-0.1, -0.05) is 0 Å². The molecule has 0 spiro atoms. The standard InChI is InChI=1S/C9H9F3O3/c1-8(15,9(10,11)12)5-2-6(13)4-7(14)3-5/h2-4,13-15H,1H3. The van der Waals surface area contributed by atoms with Gasteiger partial charge in [0.2, 0.25) is 0 Å². The van der Waals surface area contributed by atoms with Crippen molar-refractivity contribution in [3.63, 3.8) is 0 Å². The van der Waals surface area contributed by atoms with Crippen LogP contribution in [0, 0.1) is 0 Å². The van der Waals surface area contributed by atoms with E-state index >= 15 is 0 Å². The highest BCUT2D eigenvalue weighted by Crippen LogP contribution is 2.40. The van der Waals surface area contributed by atoms with Crippen molar-refractivity contribution in [3.05, 3.63) is 23.8 Å². The zero-order valence-electron chi connectivity index (χ0n) is 7.71. The molecule has 0 saturated carbocycles. The summed E-state index contributed by atoms with van der Waals surface area (Å²) in [5.41, 5.74) is -3.73. The number of alkyl halides is 3. The van der Waals surface area contributed by atoms with Crippen LogP contribution in [0.2, 0.25) is 0 Å². The fraction of sp³-hybridized carbons (Fsp3) is 0.333. The smallest absolute Gasteiger partial charge is 0.421 e. The summed E-state index contributed by atoms with van der Waals surface area (Å²) in [5.74, 6) is -1.09. The molecule has 84 valence electrons. The molecule has 0 aliphatic rings. The van der Waals surface area contributed by atoms with Crippen LogP contribution in [-0.2, 0) is 5.60 Å². The van der Waals surface area contributed by atoms with E-state index in [0.717, 1.165) is 18.2 Å². The lowest BCUT2D eigenvalue weighted by Gasteiger charge is -2.26. The number of aromatic hydroxyl groups is 2. The molecule has 0 saturated heterocycles. The monoisotopic (exact) mass is 222 g/mol. The summed E-state index contributed by atoms with van der Waals surface area (Å²) in [6.45, 7) is 0.543. The van der Waals surface area contributed by atoms with Gasteiger partial charge in [0, 0.05) is 6.07 Å². The first kappa shape index (κ1) is 11.6. The Hall–Kier alpha value is -1.43. The number of phenols is 2. The van der Waals surface area contributed by atoms with E-state index < -0.39 is 28.8 Å². The van der Waals surface area contributed by atoms with E-state index in [0.29, 0.717) is 6.92 Å². The normalized spacial score (nSPS) is 16.1. The molecule has 0 radical (unpaired) electrons. The third-order valence-corrected chi connectivity index (χ3v) is 2.02. The predicted octanol–water partition coefficient (Wildman–Crippen LogP) is 1.87. The molecular weight excluding hydrogens is 213 g/mol. The molecule has 0 amide bonds. The first-order valence-electron chi connectivity index (χ1n) is 3.97. The number of halogens is 3. The van der Waals surface area contributed by atoms with Crippen molar-refractivity contribution < 1.29 is 28.5 Å². The van der Waals surface area contributed by atoms with Crippen molar-refractivity contribution >= 4 is 0 Å². The molecule has 0 aliphatic carbocycles. The molecule has 1 unspecified atom stereocenters. The zero-order chi connectivity index (χ0) is 11.9. The highest BCUT2D eigenvalue weighted by molar-refractivity contribution is 5.39. The average molecular weight is 222 g/mol. The van der Waals surface area contributed by atoms with Crippen LogP contribution in [0.4, 0.5) is 13.2 Å². The van der Waals surface area contributed by atoms with Crippen LogP contribution in [0.5, 0.6) is 11.5 Å². The molecule has 1 rings (SSSR count). The Balaban J connectivity index is 3.27. The zero-order valence-corrected chi connectivity index (χ0v) is 7.71. The summed E-state index contributed by atoms with van der Waals surface area (Å²) in [4.78, 5) is 0. The third kappa shape index (κ3) is 2.15. The number of benzene rings is 1. The Morgan fingerprint density at radius 2 is 1.40 bits per heavy atom. The summed E-state index contributed by atoms with van der Waals surface area (Å²) in [6, 6.07) is 2.36. The third-order valence-electron chi connectivity index (χ3n) is 2.02. The average Bonchev–Trinajstić information content (AvgIpc) is 1.99. The molecule has 0 fully saturated rings. The largest absolute Gasteiger partial charge is 0.508 e. The number of phenolic OH excluding ortho intramolecular Hbond substituents is 2. The molecule has 3 N–H and O–H groups in total. The second-order valence-corrected chi connectivity index (χ2v) is 3.31. The summed E-state index contributed by atoms with van der Waals surface area (Å²) in [7, 11) is 0. The van der Waals surface area contributed by atoms with Crippen LogP contribution in [0.25, 0.3) is 0 Å². The van der Waals surface area contributed by atoms with Crippen LogP contribution in [-0.4, -0.2) is 21.5 Å². The van der Waals surface area contributed by atoms with Crippen molar-refractivity contribution in [2.24, 2.45) is 0 Å². The van der Waals surface area contributed by atoms with Crippen molar-refractivity contribution in [1.29, 1.82) is 0 Å². The van der Waals surface area contributed by atoms with E-state index in [-0.39, 0.29) is 0 Å². The van der Waals surface area contributed by atoms with Crippen LogP contribution in [0.3, 0.4) is 0 Å². The lowest BCUT2D eigenvalue weighted by atomic mass is 9.95. The molecule has 6 heteroatoms. The first-order valence-corrected chi connectivity index (χ1v) is 3.97. The number of hydrogen-bond acceptors (Lipinski definition) is 3. The summed E-state index contributed by atoms with van der Waals surface area (Å²) < 4.78 is 37.1. The topological polar surface area (TPSA) is 60.7 Å². The SMILES string of the molecule is CC(O)(c1cc(O)cc(O)c1)C(F)(F)F. The second-order valence-electron chi connectivity index (χ2n) is 3.31. The molecule has 0 heterocycles. The molecule has 3 nitrogen and oxygen atoms in total. The van der Waals surface area contributed by atoms with Gasteiger partial charge in [0.05, 0.1) is 0 Å². The first-order chi connectivity index (χ1) is 6.64. The molecule has 0 aromatic heterocycles. The molecule has 15 heavy (non-hydrogen) atoms. The van der Waals surface area contributed by atoms with Crippen LogP contribution in [0.15, 0.2) is 18.2 Å². The maximum Gasteiger partial charge on any atom is 0.421 e. The summed E-state index contributed by atoms with van der Waals surface area (Å²) in [5, 5.41) is 27.2. The number of rotatable bonds is 1. The Bertz CT molecular complexity index is 351. The van der Waals surface area contributed by atoms with E-state index in [1.807, 2.05) is 0 Å². The highest BCUT2D eigenvalue weighted by atomic mass is 19.4. The van der Waals surface area contributed by atoms with Crippen molar-refractivity contribution in [2.45, 2.75) is 18.7 Å². The van der Waals surface area contributed by atoms with E-state index in [1.54, 1.807) is 0 Å². The van der Waals surface area contributed by atoms with Gasteiger partial charge in [-0.05, 0) is 24.6 Å². The Morgan fingerprint density at radius 1 is 1.00 bits per heavy atom. The van der Waals surface area contributed by atoms with Gasteiger partial charge in [-0.2, -0.15) is 13.2 Å². The fourth-order valence-corrected chi connectivity index (χ4v) is 1.04. The van der Waals surface area contributed by atoms with Crippen molar-refractivity contribution in [2.75, 3.05) is 0 Å². The molecule has 1 aromatic carbocycles. The van der Waals surface area contributed by atoms with Gasteiger partial charge in [-0.15, -0.1) is 0 Å². The van der Waals surface area contributed by atoms with Gasteiger partial charge in [0.1, 0.15) is 11.5 Å². The molecule has 1 aromatic rings. The quantitative estimate of drug-likeness (QED) is 0.679. The Morgan fingerprint density at radius 3 is 1.73 bits per heavy atom. The molecule has 0 bridgehead atoms. The predicted molar refractivity (Wildman–Crippen MR) is 45.4 cm³/mol. The van der Waals surface area contributed by atoms with Crippen molar-refractivity contribution in [3.8, 4) is 11.5 Å². The van der Waals surface area contributed by atoms with Crippen molar-refractivity contribution in [1.82, 2.24) is 0 Å². The van der Waals surface area contributed by atoms with Gasteiger partial charge in [0.15, 0.2) is 5.60 Å². The van der Waals surface area contributed by atoms with Crippen LogP contribution in [0.1, 0.15) is 12.5 Å². The van der Waals surface area contributed by atoms with Gasteiger partial charge in [0.25, 0.3) is 0 Å². The maximum absolute atomic E-state index is 12.4. The molecule has 0 aliphatic heterocycles. The summed E-state index contributed by atoms with van der Waals surface area (Å²) in [6.07, 6.45) is -4.88.